The Hall–Kier alpha value is -3.36. The first-order valence-electron chi connectivity index (χ1n) is 11.6. The van der Waals surface area contributed by atoms with E-state index in [-0.39, 0.29) is 28.6 Å². The summed E-state index contributed by atoms with van der Waals surface area (Å²) < 4.78 is 55.5. The number of hydrogen-bond donors (Lipinski definition) is 0. The lowest BCUT2D eigenvalue weighted by atomic mass is 10.0. The van der Waals surface area contributed by atoms with Crippen LogP contribution in [0.25, 0.3) is 22.1 Å². The summed E-state index contributed by atoms with van der Waals surface area (Å²) in [4.78, 5) is 28.1. The van der Waals surface area contributed by atoms with Crippen LogP contribution in [0.3, 0.4) is 0 Å². The van der Waals surface area contributed by atoms with Gasteiger partial charge in [-0.15, -0.1) is 0 Å². The molecule has 0 saturated heterocycles. The zero-order chi connectivity index (χ0) is 25.4. The molecule has 9 heteroatoms. The van der Waals surface area contributed by atoms with E-state index in [1.807, 2.05) is 0 Å². The number of carbonyl (C=O) groups is 1. The van der Waals surface area contributed by atoms with Crippen LogP contribution < -0.4 is 10.4 Å². The number of alkyl halides is 3. The average Bonchev–Trinajstić information content (AvgIpc) is 2.82. The van der Waals surface area contributed by atoms with Crippen molar-refractivity contribution in [1.82, 2.24) is 4.98 Å². The van der Waals surface area contributed by atoms with Crippen molar-refractivity contribution in [3.05, 3.63) is 58.7 Å². The predicted octanol–water partition coefficient (Wildman–Crippen LogP) is 6.40. The highest BCUT2D eigenvalue weighted by Gasteiger charge is 2.30. The number of ether oxygens (including phenoxy) is 2. The number of carbonyl (C=O) groups excluding carboxylic acids is 1. The smallest absolute Gasteiger partial charge is 0.416 e. The number of unbranched alkanes of at least 4 members (excludes halogenated alkanes) is 4. The Morgan fingerprint density at radius 1 is 1.03 bits per heavy atom. The first-order chi connectivity index (χ1) is 16.7. The van der Waals surface area contributed by atoms with Crippen molar-refractivity contribution in [3.63, 3.8) is 0 Å². The van der Waals surface area contributed by atoms with Gasteiger partial charge in [0, 0.05) is 11.6 Å². The van der Waals surface area contributed by atoms with Crippen LogP contribution in [0.5, 0.6) is 5.75 Å². The molecule has 3 rings (SSSR count). The zero-order valence-electron chi connectivity index (χ0n) is 19.7. The maximum Gasteiger partial charge on any atom is 0.416 e. The normalized spacial score (nSPS) is 11.7. The minimum atomic E-state index is -4.52. The SMILES string of the molecule is CC(C)C(=O)OCCCCCCCOc1cncc2cc(-c3cccc(C(F)(F)F)c3)c(=O)oc12. The minimum Gasteiger partial charge on any atom is -0.488 e. The van der Waals surface area contributed by atoms with Crippen molar-refractivity contribution in [2.75, 3.05) is 13.2 Å². The molecule has 35 heavy (non-hydrogen) atoms. The molecule has 0 aliphatic rings. The predicted molar refractivity (Wildman–Crippen MR) is 125 cm³/mol. The average molecular weight is 492 g/mol. The van der Waals surface area contributed by atoms with Crippen LogP contribution in [-0.4, -0.2) is 24.2 Å². The van der Waals surface area contributed by atoms with E-state index in [2.05, 4.69) is 4.98 Å². The van der Waals surface area contributed by atoms with E-state index in [1.54, 1.807) is 13.8 Å². The first kappa shape index (κ1) is 26.2. The molecule has 0 N–H and O–H groups in total. The lowest BCUT2D eigenvalue weighted by molar-refractivity contribution is -0.147. The number of aromatic nitrogens is 1. The Balaban J connectivity index is 1.56. The summed E-state index contributed by atoms with van der Waals surface area (Å²) in [6, 6.07) is 6.00. The molecule has 0 aliphatic heterocycles. The lowest BCUT2D eigenvalue weighted by Gasteiger charge is -2.10. The largest absolute Gasteiger partial charge is 0.488 e. The molecule has 3 aromatic rings. The molecule has 1 aromatic carbocycles. The van der Waals surface area contributed by atoms with Crippen molar-refractivity contribution in [2.45, 2.75) is 52.1 Å². The van der Waals surface area contributed by atoms with Crippen molar-refractivity contribution in [3.8, 4) is 16.9 Å². The topological polar surface area (TPSA) is 78.6 Å². The summed E-state index contributed by atoms with van der Waals surface area (Å²) in [5, 5.41) is 0.449. The fraction of sp³-hybridized carbons (Fsp3) is 0.423. The van der Waals surface area contributed by atoms with E-state index >= 15 is 0 Å². The second kappa shape index (κ2) is 11.9. The van der Waals surface area contributed by atoms with E-state index in [4.69, 9.17) is 13.9 Å². The standard InChI is InChI=1S/C26H28F3NO5/c1-17(2)24(31)34-12-7-5-3-4-6-11-33-22-16-30-15-19-14-21(25(32)35-23(19)22)18-9-8-10-20(13-18)26(27,28)29/h8-10,13-17H,3-7,11-12H2,1-2H3. The number of esters is 1. The number of pyridine rings is 1. The maximum atomic E-state index is 13.1. The van der Waals surface area contributed by atoms with Gasteiger partial charge in [0.05, 0.1) is 36.5 Å². The number of hydrogen-bond acceptors (Lipinski definition) is 6. The quantitative estimate of drug-likeness (QED) is 0.228. The van der Waals surface area contributed by atoms with Crippen LogP contribution in [0.1, 0.15) is 51.5 Å². The molecule has 2 aromatic heterocycles. The summed E-state index contributed by atoms with van der Waals surface area (Å²) in [5.41, 5.74) is -1.28. The van der Waals surface area contributed by atoms with Crippen LogP contribution >= 0.6 is 0 Å². The number of benzene rings is 1. The Labute approximate surface area is 201 Å². The molecular formula is C26H28F3NO5. The first-order valence-corrected chi connectivity index (χ1v) is 11.6. The molecule has 2 heterocycles. The highest BCUT2D eigenvalue weighted by molar-refractivity contribution is 5.85. The second-order valence-corrected chi connectivity index (χ2v) is 8.52. The summed E-state index contributed by atoms with van der Waals surface area (Å²) in [5.74, 6) is -0.00112. The van der Waals surface area contributed by atoms with Gasteiger partial charge in [-0.1, -0.05) is 45.2 Å². The van der Waals surface area contributed by atoms with E-state index in [1.165, 1.54) is 30.6 Å². The van der Waals surface area contributed by atoms with Gasteiger partial charge in [-0.05, 0) is 36.6 Å². The van der Waals surface area contributed by atoms with Gasteiger partial charge in [-0.3, -0.25) is 9.78 Å². The van der Waals surface area contributed by atoms with E-state index < -0.39 is 17.4 Å². The summed E-state index contributed by atoms with van der Waals surface area (Å²) in [7, 11) is 0. The highest BCUT2D eigenvalue weighted by Crippen LogP contribution is 2.32. The molecule has 0 unspecified atom stereocenters. The number of nitrogens with zero attached hydrogens (tertiary/aromatic N) is 1. The monoisotopic (exact) mass is 491 g/mol. The van der Waals surface area contributed by atoms with Crippen LogP contribution in [0, 0.1) is 5.92 Å². The maximum absolute atomic E-state index is 13.1. The molecule has 188 valence electrons. The lowest BCUT2D eigenvalue weighted by Crippen LogP contribution is -2.12. The Kier molecular flexibility index (Phi) is 8.89. The molecule has 0 bridgehead atoms. The number of fused-ring (bicyclic) bond motifs is 1. The molecule has 0 atom stereocenters. The molecule has 6 nitrogen and oxygen atoms in total. The van der Waals surface area contributed by atoms with Crippen molar-refractivity contribution < 1.29 is 31.9 Å². The van der Waals surface area contributed by atoms with Crippen LogP contribution in [0.15, 0.2) is 51.9 Å². The molecule has 0 spiro atoms. The van der Waals surface area contributed by atoms with Gasteiger partial charge in [0.2, 0.25) is 0 Å². The third-order valence-corrected chi connectivity index (χ3v) is 5.37. The molecule has 0 aliphatic carbocycles. The fourth-order valence-electron chi connectivity index (χ4n) is 3.44. The van der Waals surface area contributed by atoms with Crippen molar-refractivity contribution in [1.29, 1.82) is 0 Å². The van der Waals surface area contributed by atoms with E-state index in [9.17, 15) is 22.8 Å². The molecule has 0 radical (unpaired) electrons. The molecule has 0 saturated carbocycles. The Bertz CT molecular complexity index is 1200. The van der Waals surface area contributed by atoms with Gasteiger partial charge in [-0.25, -0.2) is 4.79 Å². The third-order valence-electron chi connectivity index (χ3n) is 5.37. The summed E-state index contributed by atoms with van der Waals surface area (Å²) >= 11 is 0. The number of halogens is 3. The van der Waals surface area contributed by atoms with Crippen molar-refractivity contribution in [2.24, 2.45) is 5.92 Å². The van der Waals surface area contributed by atoms with Crippen LogP contribution in [-0.2, 0) is 15.7 Å². The fourth-order valence-corrected chi connectivity index (χ4v) is 3.44. The number of rotatable bonds is 11. The van der Waals surface area contributed by atoms with Gasteiger partial charge in [0.25, 0.3) is 0 Å². The zero-order valence-corrected chi connectivity index (χ0v) is 19.7. The Morgan fingerprint density at radius 2 is 1.74 bits per heavy atom. The van der Waals surface area contributed by atoms with Gasteiger partial charge < -0.3 is 13.9 Å². The third kappa shape index (κ3) is 7.31. The summed E-state index contributed by atoms with van der Waals surface area (Å²) in [6.07, 6.45) is 2.80. The van der Waals surface area contributed by atoms with Gasteiger partial charge in [-0.2, -0.15) is 13.2 Å². The van der Waals surface area contributed by atoms with Gasteiger partial charge in [0.15, 0.2) is 11.3 Å². The van der Waals surface area contributed by atoms with Crippen LogP contribution in [0.4, 0.5) is 13.2 Å². The molecule has 0 fully saturated rings. The van der Waals surface area contributed by atoms with E-state index in [0.29, 0.717) is 24.3 Å². The second-order valence-electron chi connectivity index (χ2n) is 8.52. The highest BCUT2D eigenvalue weighted by atomic mass is 19.4. The van der Waals surface area contributed by atoms with Crippen LogP contribution in [0.2, 0.25) is 0 Å². The minimum absolute atomic E-state index is 0.0154. The van der Waals surface area contributed by atoms with E-state index in [0.717, 1.165) is 44.2 Å². The molecule has 0 amide bonds. The van der Waals surface area contributed by atoms with Gasteiger partial charge in [0.1, 0.15) is 0 Å². The Morgan fingerprint density at radius 3 is 2.46 bits per heavy atom. The van der Waals surface area contributed by atoms with Gasteiger partial charge >= 0.3 is 17.8 Å². The van der Waals surface area contributed by atoms with Crippen molar-refractivity contribution >= 4 is 16.9 Å². The molecular weight excluding hydrogens is 463 g/mol. The summed E-state index contributed by atoms with van der Waals surface area (Å²) in [6.45, 7) is 4.42.